The first-order valence-electron chi connectivity index (χ1n) is 14.6. The number of carbonyl (C=O) groups excluding carboxylic acids is 3. The first-order valence-corrected chi connectivity index (χ1v) is 14.6. The lowest BCUT2D eigenvalue weighted by Crippen LogP contribution is -2.37. The van der Waals surface area contributed by atoms with Gasteiger partial charge in [-0.25, -0.2) is 9.78 Å². The smallest absolute Gasteiger partial charge is 0.414 e. The van der Waals surface area contributed by atoms with Gasteiger partial charge in [-0.3, -0.25) is 15.1 Å². The molecule has 0 saturated heterocycles. The monoisotopic (exact) mass is 595 g/mol. The Hall–Kier alpha value is -5.25. The van der Waals surface area contributed by atoms with E-state index in [0.29, 0.717) is 44.3 Å². The highest BCUT2D eigenvalue weighted by Crippen LogP contribution is 2.33. The number of aliphatic imine (C=N–C) groups is 1. The van der Waals surface area contributed by atoms with E-state index in [0.717, 1.165) is 28.1 Å². The van der Waals surface area contributed by atoms with Gasteiger partial charge in [-0.1, -0.05) is 91.0 Å². The van der Waals surface area contributed by atoms with Crippen LogP contribution in [0.5, 0.6) is 0 Å². The van der Waals surface area contributed by atoms with Gasteiger partial charge < -0.3 is 25.0 Å². The van der Waals surface area contributed by atoms with E-state index >= 15 is 0 Å². The fourth-order valence-electron chi connectivity index (χ4n) is 4.48. The summed E-state index contributed by atoms with van der Waals surface area (Å²) in [6, 6.07) is 28.4. The van der Waals surface area contributed by atoms with Crippen LogP contribution in [-0.2, 0) is 27.4 Å². The molecule has 1 aromatic heterocycles. The largest absolute Gasteiger partial charge is 0.444 e. The number of oxazole rings is 1. The van der Waals surface area contributed by atoms with Gasteiger partial charge in [-0.15, -0.1) is 0 Å². The van der Waals surface area contributed by atoms with Gasteiger partial charge in [0.25, 0.3) is 0 Å². The van der Waals surface area contributed by atoms with Crippen molar-refractivity contribution in [3.63, 3.8) is 0 Å². The van der Waals surface area contributed by atoms with Crippen LogP contribution >= 0.6 is 0 Å². The van der Waals surface area contributed by atoms with Gasteiger partial charge in [0, 0.05) is 30.5 Å². The quantitative estimate of drug-likeness (QED) is 0.0718. The van der Waals surface area contributed by atoms with Gasteiger partial charge in [0.2, 0.25) is 5.91 Å². The summed E-state index contributed by atoms with van der Waals surface area (Å²) in [5, 5.41) is 5.12. The van der Waals surface area contributed by atoms with Gasteiger partial charge in [-0.2, -0.15) is 0 Å². The van der Waals surface area contributed by atoms with E-state index in [1.807, 2.05) is 91.0 Å². The lowest BCUT2D eigenvalue weighted by molar-refractivity contribution is -0.124. The molecule has 4 aromatic rings. The van der Waals surface area contributed by atoms with Crippen LogP contribution in [0.25, 0.3) is 22.6 Å². The maximum Gasteiger partial charge on any atom is 0.414 e. The standard InChI is InChI=1S/C34H37N5O5/c35-33(39-34(42)43-24-25-13-4-1-5-14-25)36-22-12-19-28(23-40)37-29(41)20-10-11-21-30-38-31(26-15-6-2-7-16-26)32(44-30)27-17-8-3-9-18-27/h1-9,13-18,23,28H,10-12,19-22,24H2,(H,37,41)(H3,35,36,39,42)/t28-/m0/s1. The number of rotatable bonds is 15. The molecule has 4 rings (SSSR count). The van der Waals surface area contributed by atoms with Crippen molar-refractivity contribution in [3.05, 3.63) is 102 Å². The minimum Gasteiger partial charge on any atom is -0.444 e. The van der Waals surface area contributed by atoms with E-state index in [-0.39, 0.29) is 31.4 Å². The highest BCUT2D eigenvalue weighted by Gasteiger charge is 2.17. The van der Waals surface area contributed by atoms with E-state index in [1.54, 1.807) is 0 Å². The molecule has 0 spiro atoms. The normalized spacial score (nSPS) is 11.9. The molecule has 0 aliphatic rings. The Labute approximate surface area is 256 Å². The third kappa shape index (κ3) is 10.2. The summed E-state index contributed by atoms with van der Waals surface area (Å²) in [7, 11) is 0. The zero-order chi connectivity index (χ0) is 31.0. The second-order valence-corrected chi connectivity index (χ2v) is 10.1. The molecule has 1 atom stereocenters. The predicted molar refractivity (Wildman–Crippen MR) is 168 cm³/mol. The summed E-state index contributed by atoms with van der Waals surface area (Å²) in [4.78, 5) is 44.7. The van der Waals surface area contributed by atoms with Gasteiger partial charge in [0.15, 0.2) is 17.6 Å². The molecule has 228 valence electrons. The minimum atomic E-state index is -0.704. The topological polar surface area (TPSA) is 149 Å². The number of nitrogens with one attached hydrogen (secondary N) is 2. The number of carbonyl (C=O) groups is 3. The number of alkyl carbamates (subject to hydrolysis) is 1. The van der Waals surface area contributed by atoms with Crippen LogP contribution < -0.4 is 16.4 Å². The molecule has 10 heteroatoms. The fourth-order valence-corrected chi connectivity index (χ4v) is 4.48. The number of aryl methyl sites for hydroxylation is 1. The van der Waals surface area contributed by atoms with E-state index in [1.165, 1.54) is 0 Å². The van der Waals surface area contributed by atoms with Crippen LogP contribution in [0.4, 0.5) is 4.79 Å². The van der Waals surface area contributed by atoms with Crippen LogP contribution in [0.3, 0.4) is 0 Å². The van der Waals surface area contributed by atoms with Crippen molar-refractivity contribution < 1.29 is 23.5 Å². The predicted octanol–water partition coefficient (Wildman–Crippen LogP) is 5.43. The summed E-state index contributed by atoms with van der Waals surface area (Å²) < 4.78 is 11.3. The number of aldehydes is 1. The molecule has 0 aliphatic heterocycles. The molecular weight excluding hydrogens is 558 g/mol. The number of guanidine groups is 1. The first kappa shape index (κ1) is 31.7. The van der Waals surface area contributed by atoms with Crippen molar-refractivity contribution in [2.75, 3.05) is 6.54 Å². The second kappa shape index (κ2) is 17.0. The number of nitrogens with zero attached hydrogens (tertiary/aromatic N) is 2. The Morgan fingerprint density at radius 2 is 1.57 bits per heavy atom. The Bertz CT molecular complexity index is 1450. The second-order valence-electron chi connectivity index (χ2n) is 10.1. The molecular formula is C34H37N5O5. The Morgan fingerprint density at radius 1 is 0.909 bits per heavy atom. The van der Waals surface area contributed by atoms with Crippen molar-refractivity contribution >= 4 is 24.2 Å². The average molecular weight is 596 g/mol. The summed E-state index contributed by atoms with van der Waals surface area (Å²) in [6.45, 7) is 0.391. The molecule has 2 amide bonds. The fraction of sp³-hybridized carbons (Fsp3) is 0.265. The summed E-state index contributed by atoms with van der Waals surface area (Å²) >= 11 is 0. The van der Waals surface area contributed by atoms with Crippen molar-refractivity contribution in [1.82, 2.24) is 15.6 Å². The van der Waals surface area contributed by atoms with Crippen LogP contribution in [0.2, 0.25) is 0 Å². The molecule has 3 aromatic carbocycles. The zero-order valence-corrected chi connectivity index (χ0v) is 24.5. The Balaban J connectivity index is 1.15. The lowest BCUT2D eigenvalue weighted by atomic mass is 10.1. The van der Waals surface area contributed by atoms with Gasteiger partial charge in [0.05, 0.1) is 6.04 Å². The minimum absolute atomic E-state index is 0.0763. The maximum absolute atomic E-state index is 12.5. The average Bonchev–Trinajstić information content (AvgIpc) is 3.49. The molecule has 4 N–H and O–H groups in total. The highest BCUT2D eigenvalue weighted by molar-refractivity contribution is 5.92. The van der Waals surface area contributed by atoms with Crippen LogP contribution in [-0.4, -0.2) is 41.8 Å². The van der Waals surface area contributed by atoms with Gasteiger partial charge in [0.1, 0.15) is 18.6 Å². The van der Waals surface area contributed by atoms with Crippen molar-refractivity contribution in [2.24, 2.45) is 10.7 Å². The molecule has 1 heterocycles. The van der Waals surface area contributed by atoms with Crippen molar-refractivity contribution in [2.45, 2.75) is 51.2 Å². The van der Waals surface area contributed by atoms with E-state index < -0.39 is 12.1 Å². The molecule has 0 fully saturated rings. The van der Waals surface area contributed by atoms with Crippen molar-refractivity contribution in [3.8, 4) is 22.6 Å². The number of hydrogen-bond acceptors (Lipinski definition) is 7. The lowest BCUT2D eigenvalue weighted by Gasteiger charge is -2.12. The third-order valence-electron chi connectivity index (χ3n) is 6.71. The maximum atomic E-state index is 12.5. The molecule has 0 saturated carbocycles. The van der Waals surface area contributed by atoms with E-state index in [9.17, 15) is 14.4 Å². The Kier molecular flexibility index (Phi) is 12.2. The summed E-state index contributed by atoms with van der Waals surface area (Å²) in [6.07, 6.45) is 3.09. The van der Waals surface area contributed by atoms with Gasteiger partial charge in [-0.05, 0) is 31.2 Å². The zero-order valence-electron chi connectivity index (χ0n) is 24.5. The molecule has 0 unspecified atom stereocenters. The third-order valence-corrected chi connectivity index (χ3v) is 6.71. The molecule has 44 heavy (non-hydrogen) atoms. The summed E-state index contributed by atoms with van der Waals surface area (Å²) in [5.74, 6) is 1.07. The number of ether oxygens (including phenoxy) is 1. The number of aromatic nitrogens is 1. The number of nitrogens with two attached hydrogens (primary N) is 1. The van der Waals surface area contributed by atoms with E-state index in [4.69, 9.17) is 19.9 Å². The van der Waals surface area contributed by atoms with Crippen LogP contribution in [0.1, 0.15) is 43.6 Å². The molecule has 0 bridgehead atoms. The number of amides is 2. The molecule has 10 nitrogen and oxygen atoms in total. The number of hydrogen-bond donors (Lipinski definition) is 3. The van der Waals surface area contributed by atoms with Crippen LogP contribution in [0.15, 0.2) is 100 Å². The summed E-state index contributed by atoms with van der Waals surface area (Å²) in [5.41, 5.74) is 9.32. The Morgan fingerprint density at radius 3 is 2.25 bits per heavy atom. The van der Waals surface area contributed by atoms with Crippen molar-refractivity contribution in [1.29, 1.82) is 0 Å². The van der Waals surface area contributed by atoms with Gasteiger partial charge >= 0.3 is 6.09 Å². The molecule has 0 radical (unpaired) electrons. The van der Waals surface area contributed by atoms with E-state index in [2.05, 4.69) is 15.6 Å². The first-order chi connectivity index (χ1) is 21.5. The number of benzene rings is 3. The van der Waals surface area contributed by atoms with Crippen LogP contribution in [0, 0.1) is 0 Å². The highest BCUT2D eigenvalue weighted by atomic mass is 16.5. The SMILES string of the molecule is NC(=NCCC[C@@H](C=O)NC(=O)CCCCc1nc(-c2ccccc2)c(-c2ccccc2)o1)NC(=O)OCc1ccccc1. The number of unbranched alkanes of at least 4 members (excludes halogenated alkanes) is 1. The molecule has 0 aliphatic carbocycles.